The Morgan fingerprint density at radius 1 is 0.731 bits per heavy atom. The zero-order valence-corrected chi connectivity index (χ0v) is 15.0. The molecule has 1 aliphatic carbocycles. The minimum Gasteiger partial charge on any atom is -0.232 e. The first kappa shape index (κ1) is 15.2. The summed E-state index contributed by atoms with van der Waals surface area (Å²) < 4.78 is 2.12. The highest BCUT2D eigenvalue weighted by molar-refractivity contribution is 5.86. The Morgan fingerprint density at radius 2 is 1.35 bits per heavy atom. The van der Waals surface area contributed by atoms with Crippen LogP contribution in [-0.2, 0) is 5.41 Å². The monoisotopic (exact) mass is 336 g/mol. The van der Waals surface area contributed by atoms with Gasteiger partial charge in [0, 0.05) is 22.1 Å². The number of aromatic nitrogens is 2. The first-order valence-electron chi connectivity index (χ1n) is 9.02. The number of hydrogen-bond donors (Lipinski definition) is 0. The van der Waals surface area contributed by atoms with Crippen LogP contribution in [0.1, 0.15) is 25.0 Å². The normalized spacial score (nSPS) is 14.1. The van der Waals surface area contributed by atoms with E-state index in [4.69, 9.17) is 5.10 Å². The standard InChI is InChI=1S/C24H20N2/c1-24(2)20-16-10-9-15-19(20)23-21(24)22(17-11-5-3-6-12-17)25-26(23)18-13-7-4-8-14-18/h3-16H,1-2H3. The quantitative estimate of drug-likeness (QED) is 0.449. The van der Waals surface area contributed by atoms with Gasteiger partial charge in [0.15, 0.2) is 0 Å². The summed E-state index contributed by atoms with van der Waals surface area (Å²) in [4.78, 5) is 0. The number of hydrogen-bond acceptors (Lipinski definition) is 1. The number of nitrogens with zero attached hydrogens (tertiary/aromatic N) is 2. The molecule has 1 aromatic heterocycles. The first-order valence-corrected chi connectivity index (χ1v) is 9.02. The number of para-hydroxylation sites is 1. The van der Waals surface area contributed by atoms with Crippen LogP contribution < -0.4 is 0 Å². The fraction of sp³-hybridized carbons (Fsp3) is 0.125. The van der Waals surface area contributed by atoms with Crippen molar-refractivity contribution in [3.05, 3.63) is 96.1 Å². The molecule has 26 heavy (non-hydrogen) atoms. The molecule has 0 fully saturated rings. The third-order valence-electron chi connectivity index (χ3n) is 5.41. The Balaban J connectivity index is 1.89. The van der Waals surface area contributed by atoms with Crippen LogP contribution in [0.15, 0.2) is 84.9 Å². The molecule has 0 spiro atoms. The van der Waals surface area contributed by atoms with Gasteiger partial charge in [-0.05, 0) is 17.7 Å². The van der Waals surface area contributed by atoms with Gasteiger partial charge < -0.3 is 0 Å². The molecule has 0 atom stereocenters. The molecule has 3 aromatic carbocycles. The molecular formula is C24H20N2. The SMILES string of the molecule is CC1(C)c2ccccc2-c2c1c(-c1ccccc1)nn2-c1ccccc1. The first-order chi connectivity index (χ1) is 12.7. The molecule has 0 bridgehead atoms. The van der Waals surface area contributed by atoms with E-state index in [0.717, 1.165) is 11.4 Å². The number of benzene rings is 3. The maximum atomic E-state index is 5.08. The van der Waals surface area contributed by atoms with E-state index >= 15 is 0 Å². The van der Waals surface area contributed by atoms with Crippen LogP contribution in [0.2, 0.25) is 0 Å². The van der Waals surface area contributed by atoms with Gasteiger partial charge in [0.05, 0.1) is 17.1 Å². The molecule has 126 valence electrons. The van der Waals surface area contributed by atoms with Crippen LogP contribution >= 0.6 is 0 Å². The van der Waals surface area contributed by atoms with Crippen LogP contribution in [0.4, 0.5) is 0 Å². The summed E-state index contributed by atoms with van der Waals surface area (Å²) in [6.45, 7) is 4.61. The molecule has 0 saturated carbocycles. The van der Waals surface area contributed by atoms with Crippen molar-refractivity contribution in [2.45, 2.75) is 19.3 Å². The van der Waals surface area contributed by atoms with Crippen LogP contribution in [-0.4, -0.2) is 9.78 Å². The maximum Gasteiger partial charge on any atom is 0.0975 e. The van der Waals surface area contributed by atoms with Crippen molar-refractivity contribution >= 4 is 0 Å². The van der Waals surface area contributed by atoms with E-state index in [1.807, 2.05) is 6.07 Å². The largest absolute Gasteiger partial charge is 0.232 e. The molecule has 0 saturated heterocycles. The van der Waals surface area contributed by atoms with Crippen molar-refractivity contribution < 1.29 is 0 Å². The lowest BCUT2D eigenvalue weighted by Crippen LogP contribution is -2.15. The van der Waals surface area contributed by atoms with Gasteiger partial charge in [0.1, 0.15) is 0 Å². The summed E-state index contributed by atoms with van der Waals surface area (Å²) in [6, 6.07) is 29.7. The van der Waals surface area contributed by atoms with E-state index in [0.29, 0.717) is 0 Å². The zero-order valence-electron chi connectivity index (χ0n) is 15.0. The highest BCUT2D eigenvalue weighted by atomic mass is 15.3. The second-order valence-corrected chi connectivity index (χ2v) is 7.36. The Hall–Kier alpha value is -3.13. The van der Waals surface area contributed by atoms with Gasteiger partial charge in [-0.2, -0.15) is 5.10 Å². The second-order valence-electron chi connectivity index (χ2n) is 7.36. The molecule has 0 aliphatic heterocycles. The lowest BCUT2D eigenvalue weighted by atomic mass is 9.81. The topological polar surface area (TPSA) is 17.8 Å². The average molecular weight is 336 g/mol. The van der Waals surface area contributed by atoms with Crippen LogP contribution in [0.25, 0.3) is 28.2 Å². The molecule has 2 nitrogen and oxygen atoms in total. The van der Waals surface area contributed by atoms with E-state index < -0.39 is 0 Å². The Bertz CT molecular complexity index is 1090. The van der Waals surface area contributed by atoms with E-state index in [1.165, 1.54) is 27.9 Å². The van der Waals surface area contributed by atoms with Crippen molar-refractivity contribution in [3.8, 4) is 28.2 Å². The highest BCUT2D eigenvalue weighted by Gasteiger charge is 2.41. The smallest absolute Gasteiger partial charge is 0.0975 e. The fourth-order valence-corrected chi connectivity index (χ4v) is 4.18. The highest BCUT2D eigenvalue weighted by Crippen LogP contribution is 2.52. The predicted octanol–water partition coefficient (Wildman–Crippen LogP) is 5.85. The van der Waals surface area contributed by atoms with Crippen LogP contribution in [0, 0.1) is 0 Å². The van der Waals surface area contributed by atoms with Crippen LogP contribution in [0.5, 0.6) is 0 Å². The summed E-state index contributed by atoms with van der Waals surface area (Å²) in [7, 11) is 0. The van der Waals surface area contributed by atoms with Gasteiger partial charge in [0.2, 0.25) is 0 Å². The van der Waals surface area contributed by atoms with E-state index in [9.17, 15) is 0 Å². The zero-order chi connectivity index (χ0) is 17.7. The summed E-state index contributed by atoms with van der Waals surface area (Å²) in [6.07, 6.45) is 0. The van der Waals surface area contributed by atoms with E-state index in [-0.39, 0.29) is 5.41 Å². The third-order valence-corrected chi connectivity index (χ3v) is 5.41. The Morgan fingerprint density at radius 3 is 2.08 bits per heavy atom. The van der Waals surface area contributed by atoms with Crippen molar-refractivity contribution in [1.29, 1.82) is 0 Å². The minimum atomic E-state index is -0.0792. The lowest BCUT2D eigenvalue weighted by Gasteiger charge is -2.21. The molecule has 1 heterocycles. The minimum absolute atomic E-state index is 0.0792. The molecule has 4 aromatic rings. The maximum absolute atomic E-state index is 5.08. The Kier molecular flexibility index (Phi) is 3.17. The fourth-order valence-electron chi connectivity index (χ4n) is 4.18. The van der Waals surface area contributed by atoms with Gasteiger partial charge in [-0.3, -0.25) is 0 Å². The molecule has 5 rings (SSSR count). The van der Waals surface area contributed by atoms with E-state index in [1.54, 1.807) is 0 Å². The third kappa shape index (κ3) is 2.02. The van der Waals surface area contributed by atoms with Gasteiger partial charge in [-0.25, -0.2) is 4.68 Å². The van der Waals surface area contributed by atoms with Crippen molar-refractivity contribution in [3.63, 3.8) is 0 Å². The van der Waals surface area contributed by atoms with Gasteiger partial charge in [0.25, 0.3) is 0 Å². The molecule has 0 unspecified atom stereocenters. The van der Waals surface area contributed by atoms with Gasteiger partial charge in [-0.15, -0.1) is 0 Å². The summed E-state index contributed by atoms with van der Waals surface area (Å²) in [5.74, 6) is 0. The molecule has 0 amide bonds. The number of fused-ring (bicyclic) bond motifs is 3. The lowest BCUT2D eigenvalue weighted by molar-refractivity contribution is 0.662. The molecule has 0 N–H and O–H groups in total. The van der Waals surface area contributed by atoms with Crippen molar-refractivity contribution in [2.24, 2.45) is 0 Å². The molecular weight excluding hydrogens is 316 g/mol. The summed E-state index contributed by atoms with van der Waals surface area (Å²) in [5.41, 5.74) is 8.44. The van der Waals surface area contributed by atoms with Crippen LogP contribution in [0.3, 0.4) is 0 Å². The second kappa shape index (κ2) is 5.43. The summed E-state index contributed by atoms with van der Waals surface area (Å²) >= 11 is 0. The summed E-state index contributed by atoms with van der Waals surface area (Å²) in [5, 5.41) is 5.08. The molecule has 2 heteroatoms. The molecule has 1 aliphatic rings. The number of rotatable bonds is 2. The van der Waals surface area contributed by atoms with Gasteiger partial charge in [-0.1, -0.05) is 86.6 Å². The van der Waals surface area contributed by atoms with Crippen molar-refractivity contribution in [1.82, 2.24) is 9.78 Å². The molecule has 0 radical (unpaired) electrons. The van der Waals surface area contributed by atoms with Gasteiger partial charge >= 0.3 is 0 Å². The Labute approximate surface area is 153 Å². The average Bonchev–Trinajstić information content (AvgIpc) is 3.20. The van der Waals surface area contributed by atoms with E-state index in [2.05, 4.69) is 97.4 Å². The van der Waals surface area contributed by atoms with Crippen molar-refractivity contribution in [2.75, 3.05) is 0 Å². The predicted molar refractivity (Wildman–Crippen MR) is 107 cm³/mol.